The molecule has 1 N–H and O–H groups in total. The van der Waals surface area contributed by atoms with E-state index in [9.17, 15) is 4.79 Å². The van der Waals surface area contributed by atoms with Crippen LogP contribution in [0.2, 0.25) is 0 Å². The minimum Gasteiger partial charge on any atom is -0.493 e. The van der Waals surface area contributed by atoms with Gasteiger partial charge in [0.15, 0.2) is 11.3 Å². The monoisotopic (exact) mass is 418 g/mol. The van der Waals surface area contributed by atoms with Gasteiger partial charge in [0.1, 0.15) is 11.5 Å². The first kappa shape index (κ1) is 18.1. The molecule has 0 spiro atoms. The zero-order valence-electron chi connectivity index (χ0n) is 15.7. The molecule has 0 saturated carbocycles. The van der Waals surface area contributed by atoms with Crippen molar-refractivity contribution < 1.29 is 13.9 Å². The summed E-state index contributed by atoms with van der Waals surface area (Å²) in [6.07, 6.45) is 1.47. The van der Waals surface area contributed by atoms with Gasteiger partial charge >= 0.3 is 0 Å². The number of methoxy groups -OCH3 is 1. The third-order valence-corrected chi connectivity index (χ3v) is 4.76. The van der Waals surface area contributed by atoms with Gasteiger partial charge in [0.2, 0.25) is 11.5 Å². The molecule has 0 fully saturated rings. The zero-order chi connectivity index (χ0) is 20.7. The number of para-hydroxylation sites is 1. The van der Waals surface area contributed by atoms with E-state index < -0.39 is 5.56 Å². The number of hydrogen-bond donors (Lipinski definition) is 1. The van der Waals surface area contributed by atoms with Gasteiger partial charge in [0, 0.05) is 18.3 Å². The third-order valence-electron chi connectivity index (χ3n) is 4.50. The molecule has 30 heavy (non-hydrogen) atoms. The van der Waals surface area contributed by atoms with Gasteiger partial charge < -0.3 is 18.9 Å². The van der Waals surface area contributed by atoms with Crippen LogP contribution in [0, 0.1) is 4.84 Å². The number of pyridine rings is 1. The Kier molecular flexibility index (Phi) is 4.29. The highest BCUT2D eigenvalue weighted by Gasteiger charge is 2.16. The molecule has 0 radical (unpaired) electrons. The number of H-pyrrole nitrogens is 1. The molecule has 5 rings (SSSR count). The van der Waals surface area contributed by atoms with Crippen molar-refractivity contribution in [1.29, 1.82) is 0 Å². The van der Waals surface area contributed by atoms with E-state index in [2.05, 4.69) is 15.0 Å². The Bertz CT molecular complexity index is 1510. The molecule has 2 aromatic carbocycles. The van der Waals surface area contributed by atoms with Crippen molar-refractivity contribution in [3.05, 3.63) is 76.0 Å². The van der Waals surface area contributed by atoms with Gasteiger partial charge in [-0.2, -0.15) is 0 Å². The van der Waals surface area contributed by atoms with Gasteiger partial charge in [-0.25, -0.2) is 14.5 Å². The number of nitrogens with one attached hydrogen (secondary N) is 1. The Morgan fingerprint density at radius 2 is 1.93 bits per heavy atom. The maximum absolute atomic E-state index is 13.0. The first-order valence-corrected chi connectivity index (χ1v) is 9.37. The van der Waals surface area contributed by atoms with Gasteiger partial charge in [0.25, 0.3) is 10.4 Å². The number of imidazole rings is 1. The molecule has 3 aromatic heterocycles. The standard InChI is InChI=1S/C21H14N4O4S/c1-27-16-9-10-22-17-18(16)29-21(30)25(19(17)26)20-23-14-8-7-13(11-15(14)24-20)28-12-5-3-2-4-6-12/h2-11H,1H3,(H,23,24). The molecule has 0 aliphatic rings. The average Bonchev–Trinajstić information content (AvgIpc) is 3.17. The van der Waals surface area contributed by atoms with Crippen LogP contribution in [0.3, 0.4) is 0 Å². The van der Waals surface area contributed by atoms with Crippen LogP contribution in [0.25, 0.3) is 28.1 Å². The molecule has 0 unspecified atom stereocenters. The van der Waals surface area contributed by atoms with Crippen molar-refractivity contribution in [2.75, 3.05) is 7.11 Å². The molecule has 0 bridgehead atoms. The van der Waals surface area contributed by atoms with E-state index in [-0.39, 0.29) is 21.9 Å². The predicted molar refractivity (Wildman–Crippen MR) is 113 cm³/mol. The lowest BCUT2D eigenvalue weighted by molar-refractivity contribution is 0.404. The summed E-state index contributed by atoms with van der Waals surface area (Å²) in [6, 6.07) is 16.4. The van der Waals surface area contributed by atoms with E-state index in [0.717, 1.165) is 0 Å². The van der Waals surface area contributed by atoms with Gasteiger partial charge in [-0.15, -0.1) is 0 Å². The smallest absolute Gasteiger partial charge is 0.290 e. The maximum atomic E-state index is 13.0. The Morgan fingerprint density at radius 1 is 1.10 bits per heavy atom. The van der Waals surface area contributed by atoms with Crippen molar-refractivity contribution >= 4 is 34.4 Å². The summed E-state index contributed by atoms with van der Waals surface area (Å²) in [5, 5.41) is 0. The van der Waals surface area contributed by atoms with E-state index in [0.29, 0.717) is 28.3 Å². The summed E-state index contributed by atoms with van der Waals surface area (Å²) < 4.78 is 17.9. The Balaban J connectivity index is 1.62. The first-order chi connectivity index (χ1) is 14.6. The minimum absolute atomic E-state index is 0.0707. The van der Waals surface area contributed by atoms with Crippen molar-refractivity contribution in [1.82, 2.24) is 19.5 Å². The second-order valence-electron chi connectivity index (χ2n) is 6.35. The second-order valence-corrected chi connectivity index (χ2v) is 6.70. The Labute approximate surface area is 174 Å². The number of rotatable bonds is 4. The molecule has 0 amide bonds. The number of nitrogens with zero attached hydrogens (tertiary/aromatic N) is 3. The molecule has 3 heterocycles. The van der Waals surface area contributed by atoms with Crippen LogP contribution in [-0.4, -0.2) is 26.6 Å². The van der Waals surface area contributed by atoms with Crippen molar-refractivity contribution in [2.45, 2.75) is 0 Å². The molecule has 0 saturated heterocycles. The summed E-state index contributed by atoms with van der Waals surface area (Å²) >= 11 is 5.30. The molecule has 5 aromatic rings. The summed E-state index contributed by atoms with van der Waals surface area (Å²) in [7, 11) is 1.48. The summed E-state index contributed by atoms with van der Waals surface area (Å²) in [5.74, 6) is 1.95. The average molecular weight is 418 g/mol. The minimum atomic E-state index is -0.458. The molecular formula is C21H14N4O4S. The fourth-order valence-corrected chi connectivity index (χ4v) is 3.37. The SMILES string of the molecule is COc1ccnc2c(=O)n(-c3nc4ccc(Oc5ccccc5)cc4[nH]3)c(=S)oc12. The fourth-order valence-electron chi connectivity index (χ4n) is 3.12. The molecule has 8 nitrogen and oxygen atoms in total. The van der Waals surface area contributed by atoms with Crippen LogP contribution < -0.4 is 15.0 Å². The molecule has 0 aliphatic heterocycles. The van der Waals surface area contributed by atoms with E-state index in [1.54, 1.807) is 24.3 Å². The van der Waals surface area contributed by atoms with Crippen LogP contribution >= 0.6 is 12.2 Å². The van der Waals surface area contributed by atoms with E-state index in [1.165, 1.54) is 17.9 Å². The quantitative estimate of drug-likeness (QED) is 0.433. The van der Waals surface area contributed by atoms with Crippen molar-refractivity contribution in [3.63, 3.8) is 0 Å². The summed E-state index contributed by atoms with van der Waals surface area (Å²) in [4.78, 5) is 24.6. The lowest BCUT2D eigenvalue weighted by Crippen LogP contribution is -2.21. The van der Waals surface area contributed by atoms with E-state index in [4.69, 9.17) is 26.1 Å². The number of fused-ring (bicyclic) bond motifs is 2. The lowest BCUT2D eigenvalue weighted by atomic mass is 10.3. The highest BCUT2D eigenvalue weighted by Crippen LogP contribution is 2.26. The van der Waals surface area contributed by atoms with Crippen LogP contribution in [0.4, 0.5) is 0 Å². The maximum Gasteiger partial charge on any atom is 0.290 e. The molecule has 148 valence electrons. The predicted octanol–water partition coefficient (Wildman–Crippen LogP) is 4.39. The molecule has 0 aliphatic carbocycles. The zero-order valence-corrected chi connectivity index (χ0v) is 16.5. The van der Waals surface area contributed by atoms with Gasteiger partial charge in [0.05, 0.1) is 18.1 Å². The fraction of sp³-hybridized carbons (Fsp3) is 0.0476. The van der Waals surface area contributed by atoms with Crippen LogP contribution in [-0.2, 0) is 0 Å². The Hall–Kier alpha value is -3.98. The van der Waals surface area contributed by atoms with Crippen molar-refractivity contribution in [2.24, 2.45) is 0 Å². The topological polar surface area (TPSA) is 95.2 Å². The molecule has 0 atom stereocenters. The Morgan fingerprint density at radius 3 is 2.73 bits per heavy atom. The van der Waals surface area contributed by atoms with E-state index in [1.807, 2.05) is 30.3 Å². The lowest BCUT2D eigenvalue weighted by Gasteiger charge is -2.06. The normalized spacial score (nSPS) is 11.1. The van der Waals surface area contributed by atoms with Gasteiger partial charge in [-0.05, 0) is 36.5 Å². The summed E-state index contributed by atoms with van der Waals surface area (Å²) in [5.41, 5.74) is 1.15. The number of ether oxygens (including phenoxy) is 2. The molecular weight excluding hydrogens is 404 g/mol. The number of hydrogen-bond acceptors (Lipinski definition) is 7. The largest absolute Gasteiger partial charge is 0.493 e. The third kappa shape index (κ3) is 3.01. The highest BCUT2D eigenvalue weighted by molar-refractivity contribution is 7.71. The van der Waals surface area contributed by atoms with Gasteiger partial charge in [-0.1, -0.05) is 18.2 Å². The van der Waals surface area contributed by atoms with Gasteiger partial charge in [-0.3, -0.25) is 4.79 Å². The number of aromatic amines is 1. The van der Waals surface area contributed by atoms with E-state index >= 15 is 0 Å². The number of aromatic nitrogens is 4. The van der Waals surface area contributed by atoms with Crippen LogP contribution in [0.5, 0.6) is 17.2 Å². The summed E-state index contributed by atoms with van der Waals surface area (Å²) in [6.45, 7) is 0. The van der Waals surface area contributed by atoms with Crippen LogP contribution in [0.1, 0.15) is 0 Å². The second kappa shape index (κ2) is 7.12. The molecule has 9 heteroatoms. The van der Waals surface area contributed by atoms with Crippen LogP contribution in [0.15, 0.2) is 70.0 Å². The first-order valence-electron chi connectivity index (χ1n) is 8.96. The van der Waals surface area contributed by atoms with Crippen molar-refractivity contribution in [3.8, 4) is 23.2 Å². The number of benzene rings is 2. The highest BCUT2D eigenvalue weighted by atomic mass is 32.1.